The van der Waals surface area contributed by atoms with E-state index in [1.165, 1.54) is 9.13 Å². The normalized spacial score (nSPS) is 10.7. The minimum Gasteiger partial charge on any atom is -0.299 e. The second kappa shape index (κ2) is 5.68. The molecule has 106 valence electrons. The van der Waals surface area contributed by atoms with Gasteiger partial charge in [-0.2, -0.15) is 0 Å². The van der Waals surface area contributed by atoms with Crippen molar-refractivity contribution >= 4 is 5.69 Å². The van der Waals surface area contributed by atoms with Gasteiger partial charge in [-0.25, -0.2) is 9.18 Å². The highest BCUT2D eigenvalue weighted by Gasteiger charge is 2.16. The van der Waals surface area contributed by atoms with Crippen molar-refractivity contribution in [1.82, 2.24) is 9.13 Å². The van der Waals surface area contributed by atoms with Gasteiger partial charge in [0.2, 0.25) is 0 Å². The van der Waals surface area contributed by atoms with Crippen molar-refractivity contribution in [2.24, 2.45) is 0 Å². The molecule has 6 nitrogen and oxygen atoms in total. The van der Waals surface area contributed by atoms with E-state index in [-0.39, 0.29) is 23.5 Å². The van der Waals surface area contributed by atoms with E-state index in [0.29, 0.717) is 6.54 Å². The number of aromatic nitrogens is 2. The predicted molar refractivity (Wildman–Crippen MR) is 71.1 cm³/mol. The monoisotopic (exact) mass is 279 g/mol. The van der Waals surface area contributed by atoms with Crippen LogP contribution in [0.25, 0.3) is 0 Å². The third kappa shape index (κ3) is 2.76. The van der Waals surface area contributed by atoms with Crippen LogP contribution in [0.2, 0.25) is 0 Å². The molecule has 1 aromatic heterocycles. The van der Waals surface area contributed by atoms with E-state index in [1.54, 1.807) is 12.4 Å². The Balaban J connectivity index is 2.37. The molecule has 0 aliphatic rings. The molecule has 0 amide bonds. The Kier molecular flexibility index (Phi) is 3.97. The van der Waals surface area contributed by atoms with Gasteiger partial charge in [0.05, 0.1) is 17.0 Å². The fraction of sp³-hybridized carbons (Fsp3) is 0.308. The van der Waals surface area contributed by atoms with E-state index in [2.05, 4.69) is 0 Å². The van der Waals surface area contributed by atoms with Crippen molar-refractivity contribution in [3.05, 3.63) is 62.6 Å². The Bertz CT molecular complexity index is 690. The number of benzene rings is 1. The Morgan fingerprint density at radius 2 is 2.00 bits per heavy atom. The van der Waals surface area contributed by atoms with Crippen molar-refractivity contribution in [2.45, 2.75) is 26.4 Å². The summed E-state index contributed by atoms with van der Waals surface area (Å²) in [5.74, 6) is -0.563. The van der Waals surface area contributed by atoms with Crippen LogP contribution in [0.15, 0.2) is 35.4 Å². The van der Waals surface area contributed by atoms with Crippen molar-refractivity contribution in [2.75, 3.05) is 0 Å². The second-order valence-corrected chi connectivity index (χ2v) is 4.43. The third-order valence-electron chi connectivity index (χ3n) is 2.96. The van der Waals surface area contributed by atoms with Gasteiger partial charge in [-0.05, 0) is 18.6 Å². The number of nitrogens with zero attached hydrogens (tertiary/aromatic N) is 3. The number of hydrogen-bond donors (Lipinski definition) is 0. The predicted octanol–water partition coefficient (Wildman–Crippen LogP) is 2.16. The van der Waals surface area contributed by atoms with Crippen LogP contribution in [0, 0.1) is 15.9 Å². The largest absolute Gasteiger partial charge is 0.328 e. The Morgan fingerprint density at radius 3 is 2.65 bits per heavy atom. The minimum atomic E-state index is -0.581. The van der Waals surface area contributed by atoms with E-state index in [1.807, 2.05) is 6.92 Å². The lowest BCUT2D eigenvalue weighted by Crippen LogP contribution is -2.24. The average Bonchev–Trinajstić information content (AvgIpc) is 2.72. The quantitative estimate of drug-likeness (QED) is 0.622. The van der Waals surface area contributed by atoms with Crippen molar-refractivity contribution in [3.8, 4) is 0 Å². The highest BCUT2D eigenvalue weighted by Crippen LogP contribution is 2.20. The van der Waals surface area contributed by atoms with Crippen LogP contribution in [0.4, 0.5) is 10.1 Å². The summed E-state index contributed by atoms with van der Waals surface area (Å²) in [7, 11) is 0. The number of nitro benzene ring substituents is 1. The number of aryl methyl sites for hydroxylation is 1. The molecule has 7 heteroatoms. The number of nitro groups is 1. The second-order valence-electron chi connectivity index (χ2n) is 4.43. The molecule has 0 N–H and O–H groups in total. The summed E-state index contributed by atoms with van der Waals surface area (Å²) >= 11 is 0. The maximum Gasteiger partial charge on any atom is 0.328 e. The molecule has 0 bridgehead atoms. The van der Waals surface area contributed by atoms with E-state index in [9.17, 15) is 19.3 Å². The minimum absolute atomic E-state index is 0.0242. The van der Waals surface area contributed by atoms with Gasteiger partial charge < -0.3 is 0 Å². The lowest BCUT2D eigenvalue weighted by Gasteiger charge is -2.04. The maximum absolute atomic E-state index is 13.2. The van der Waals surface area contributed by atoms with E-state index in [4.69, 9.17) is 0 Å². The van der Waals surface area contributed by atoms with Crippen molar-refractivity contribution in [1.29, 1.82) is 0 Å². The molecule has 0 radical (unpaired) electrons. The highest BCUT2D eigenvalue weighted by atomic mass is 19.1. The molecule has 0 saturated carbocycles. The molecule has 0 atom stereocenters. The Labute approximate surface area is 114 Å². The molecule has 0 spiro atoms. The van der Waals surface area contributed by atoms with Gasteiger partial charge in [-0.1, -0.05) is 6.92 Å². The first-order valence-corrected chi connectivity index (χ1v) is 6.21. The first-order chi connectivity index (χ1) is 9.52. The van der Waals surface area contributed by atoms with Crippen LogP contribution < -0.4 is 5.69 Å². The fourth-order valence-corrected chi connectivity index (χ4v) is 2.03. The smallest absolute Gasteiger partial charge is 0.299 e. The van der Waals surface area contributed by atoms with Gasteiger partial charge in [-0.3, -0.25) is 19.2 Å². The topological polar surface area (TPSA) is 70.1 Å². The van der Waals surface area contributed by atoms with E-state index >= 15 is 0 Å². The zero-order valence-electron chi connectivity index (χ0n) is 11.0. The van der Waals surface area contributed by atoms with Crippen LogP contribution in [-0.4, -0.2) is 14.1 Å². The SMILES string of the molecule is CCCn1ccn(Cc2cc(F)ccc2[N+](=O)[O-])c1=O. The molecule has 0 aliphatic heterocycles. The van der Waals surface area contributed by atoms with E-state index < -0.39 is 10.7 Å². The summed E-state index contributed by atoms with van der Waals surface area (Å²) in [5.41, 5.74) is -0.279. The summed E-state index contributed by atoms with van der Waals surface area (Å²) in [6.45, 7) is 2.50. The average molecular weight is 279 g/mol. The standard InChI is InChI=1S/C13H14FN3O3/c1-2-5-15-6-7-16(13(15)18)9-10-8-11(14)3-4-12(10)17(19)20/h3-4,6-8H,2,5,9H2,1H3. The molecular weight excluding hydrogens is 265 g/mol. The van der Waals surface area contributed by atoms with Crippen LogP contribution in [0.5, 0.6) is 0 Å². The number of halogens is 1. The molecular formula is C13H14FN3O3. The summed E-state index contributed by atoms with van der Waals surface area (Å²) in [6.07, 6.45) is 3.98. The molecule has 0 unspecified atom stereocenters. The molecule has 2 aromatic rings. The molecule has 0 fully saturated rings. The lowest BCUT2D eigenvalue weighted by atomic mass is 10.1. The van der Waals surface area contributed by atoms with Gasteiger partial charge in [0.15, 0.2) is 0 Å². The van der Waals surface area contributed by atoms with Gasteiger partial charge in [0.1, 0.15) is 5.82 Å². The lowest BCUT2D eigenvalue weighted by molar-refractivity contribution is -0.385. The van der Waals surface area contributed by atoms with Crippen LogP contribution in [0.3, 0.4) is 0 Å². The summed E-state index contributed by atoms with van der Waals surface area (Å²) in [4.78, 5) is 22.3. The fourth-order valence-electron chi connectivity index (χ4n) is 2.03. The van der Waals surface area contributed by atoms with Gasteiger partial charge in [-0.15, -0.1) is 0 Å². The van der Waals surface area contributed by atoms with Crippen LogP contribution in [-0.2, 0) is 13.1 Å². The summed E-state index contributed by atoms with van der Waals surface area (Å²) < 4.78 is 16.1. The van der Waals surface area contributed by atoms with E-state index in [0.717, 1.165) is 24.6 Å². The maximum atomic E-state index is 13.2. The van der Waals surface area contributed by atoms with Crippen LogP contribution in [0.1, 0.15) is 18.9 Å². The molecule has 1 heterocycles. The number of hydrogen-bond acceptors (Lipinski definition) is 3. The summed E-state index contributed by atoms with van der Waals surface area (Å²) in [5, 5.41) is 10.9. The third-order valence-corrected chi connectivity index (χ3v) is 2.96. The number of imidazole rings is 1. The first kappa shape index (κ1) is 14.0. The zero-order chi connectivity index (χ0) is 14.7. The van der Waals surface area contributed by atoms with Crippen LogP contribution >= 0.6 is 0 Å². The Morgan fingerprint density at radius 1 is 1.30 bits per heavy atom. The first-order valence-electron chi connectivity index (χ1n) is 6.21. The summed E-state index contributed by atoms with van der Waals surface area (Å²) in [6, 6.07) is 3.23. The molecule has 1 aromatic carbocycles. The van der Waals surface area contributed by atoms with Crippen molar-refractivity contribution in [3.63, 3.8) is 0 Å². The molecule has 0 aliphatic carbocycles. The molecule has 0 saturated heterocycles. The number of rotatable bonds is 5. The highest BCUT2D eigenvalue weighted by molar-refractivity contribution is 5.40. The van der Waals surface area contributed by atoms with Gasteiger partial charge in [0.25, 0.3) is 5.69 Å². The van der Waals surface area contributed by atoms with Gasteiger partial charge in [0, 0.05) is 25.0 Å². The zero-order valence-corrected chi connectivity index (χ0v) is 11.0. The van der Waals surface area contributed by atoms with Crippen molar-refractivity contribution < 1.29 is 9.31 Å². The molecule has 20 heavy (non-hydrogen) atoms. The Hall–Kier alpha value is -2.44. The molecule has 2 rings (SSSR count). The van der Waals surface area contributed by atoms with Gasteiger partial charge >= 0.3 is 5.69 Å².